The Morgan fingerprint density at radius 2 is 1.68 bits per heavy atom. The minimum absolute atomic E-state index is 0.468. The maximum atomic E-state index is 9.80. The maximum Gasteiger partial charge on any atom is 0.229 e. The fourth-order valence-electron chi connectivity index (χ4n) is 1.92. The first-order chi connectivity index (χ1) is 9.02. The highest BCUT2D eigenvalue weighted by Crippen LogP contribution is 2.24. The van der Waals surface area contributed by atoms with E-state index >= 15 is 0 Å². The van der Waals surface area contributed by atoms with E-state index in [9.17, 15) is 15.3 Å². The Bertz CT molecular complexity index is 404. The van der Waals surface area contributed by atoms with Gasteiger partial charge in [0.15, 0.2) is 0 Å². The van der Waals surface area contributed by atoms with Crippen molar-refractivity contribution < 1.29 is 29.9 Å². The van der Waals surface area contributed by atoms with Gasteiger partial charge in [-0.1, -0.05) is 17.7 Å². The predicted octanol–water partition coefficient (Wildman–Crippen LogP) is -0.826. The van der Waals surface area contributed by atoms with Gasteiger partial charge < -0.3 is 29.9 Å². The van der Waals surface area contributed by atoms with Crippen LogP contribution in [0.3, 0.4) is 0 Å². The van der Waals surface area contributed by atoms with E-state index in [-0.39, 0.29) is 0 Å². The molecule has 106 valence electrons. The molecule has 0 radical (unpaired) electrons. The monoisotopic (exact) mass is 270 g/mol. The van der Waals surface area contributed by atoms with Gasteiger partial charge in [0.1, 0.15) is 30.2 Å². The second kappa shape index (κ2) is 5.85. The summed E-state index contributed by atoms with van der Waals surface area (Å²) < 4.78 is 10.7. The Hall–Kier alpha value is -1.18. The lowest BCUT2D eigenvalue weighted by Crippen LogP contribution is -2.60. The third-order valence-electron chi connectivity index (χ3n) is 3.12. The fourth-order valence-corrected chi connectivity index (χ4v) is 1.92. The lowest BCUT2D eigenvalue weighted by atomic mass is 9.99. The summed E-state index contributed by atoms with van der Waals surface area (Å²) in [4.78, 5) is 0. The van der Waals surface area contributed by atoms with E-state index in [0.717, 1.165) is 5.56 Å². The lowest BCUT2D eigenvalue weighted by Gasteiger charge is -2.39. The van der Waals surface area contributed by atoms with Crippen LogP contribution >= 0.6 is 0 Å². The number of aliphatic hydroxyl groups excluding tert-OH is 4. The summed E-state index contributed by atoms with van der Waals surface area (Å²) >= 11 is 0. The van der Waals surface area contributed by atoms with Crippen LogP contribution < -0.4 is 4.74 Å². The number of rotatable bonds is 3. The molecule has 19 heavy (non-hydrogen) atoms. The third-order valence-corrected chi connectivity index (χ3v) is 3.12. The molecule has 0 bridgehead atoms. The minimum atomic E-state index is -1.43. The van der Waals surface area contributed by atoms with Crippen molar-refractivity contribution in [2.45, 2.75) is 37.6 Å². The van der Waals surface area contributed by atoms with Crippen LogP contribution in [0.5, 0.6) is 5.75 Å². The summed E-state index contributed by atoms with van der Waals surface area (Å²) in [7, 11) is 0. The van der Waals surface area contributed by atoms with Crippen molar-refractivity contribution in [3.8, 4) is 5.75 Å². The van der Waals surface area contributed by atoms with E-state index in [1.807, 2.05) is 19.1 Å². The Balaban J connectivity index is 2.08. The molecule has 0 spiro atoms. The largest absolute Gasteiger partial charge is 0.462 e. The van der Waals surface area contributed by atoms with E-state index < -0.39 is 37.3 Å². The number of hydrogen-bond acceptors (Lipinski definition) is 6. The molecule has 1 aliphatic rings. The molecule has 0 saturated carbocycles. The zero-order valence-corrected chi connectivity index (χ0v) is 10.5. The first kappa shape index (κ1) is 14.2. The topological polar surface area (TPSA) is 99.4 Å². The van der Waals surface area contributed by atoms with E-state index in [2.05, 4.69) is 0 Å². The van der Waals surface area contributed by atoms with Crippen molar-refractivity contribution in [2.24, 2.45) is 0 Å². The van der Waals surface area contributed by atoms with Crippen LogP contribution in [0.1, 0.15) is 5.56 Å². The Morgan fingerprint density at radius 1 is 1.05 bits per heavy atom. The van der Waals surface area contributed by atoms with Crippen LogP contribution in [0.4, 0.5) is 0 Å². The van der Waals surface area contributed by atoms with Crippen molar-refractivity contribution in [1.29, 1.82) is 0 Å². The van der Waals surface area contributed by atoms with Gasteiger partial charge in [0.05, 0.1) is 6.61 Å². The molecule has 1 aromatic carbocycles. The first-order valence-corrected chi connectivity index (χ1v) is 6.07. The number of ether oxygens (including phenoxy) is 2. The second-order valence-corrected chi connectivity index (χ2v) is 4.63. The molecule has 6 heteroatoms. The van der Waals surface area contributed by atoms with Gasteiger partial charge in [0, 0.05) is 0 Å². The smallest absolute Gasteiger partial charge is 0.229 e. The molecule has 1 heterocycles. The van der Waals surface area contributed by atoms with Crippen molar-refractivity contribution in [3.05, 3.63) is 29.8 Å². The fraction of sp³-hybridized carbons (Fsp3) is 0.538. The molecule has 0 amide bonds. The molecule has 1 fully saturated rings. The van der Waals surface area contributed by atoms with Crippen LogP contribution in [-0.4, -0.2) is 57.7 Å². The van der Waals surface area contributed by atoms with E-state index in [0.29, 0.717) is 5.75 Å². The normalized spacial score (nSPS) is 35.1. The molecule has 0 aromatic heterocycles. The van der Waals surface area contributed by atoms with Gasteiger partial charge in [0.2, 0.25) is 6.29 Å². The molecular formula is C13H18O6. The van der Waals surface area contributed by atoms with Gasteiger partial charge >= 0.3 is 0 Å². The first-order valence-electron chi connectivity index (χ1n) is 6.07. The Labute approximate surface area is 110 Å². The van der Waals surface area contributed by atoms with Crippen LogP contribution in [0, 0.1) is 6.92 Å². The maximum absolute atomic E-state index is 9.80. The average Bonchev–Trinajstić information content (AvgIpc) is 2.42. The van der Waals surface area contributed by atoms with Crippen molar-refractivity contribution in [3.63, 3.8) is 0 Å². The quantitative estimate of drug-likeness (QED) is 0.572. The van der Waals surface area contributed by atoms with Crippen LogP contribution in [-0.2, 0) is 4.74 Å². The number of aryl methyl sites for hydroxylation is 1. The lowest BCUT2D eigenvalue weighted by molar-refractivity contribution is -0.277. The summed E-state index contributed by atoms with van der Waals surface area (Å²) in [6.45, 7) is 1.45. The molecule has 4 N–H and O–H groups in total. The molecule has 1 aromatic rings. The molecule has 6 nitrogen and oxygen atoms in total. The van der Waals surface area contributed by atoms with Gasteiger partial charge in [-0.3, -0.25) is 0 Å². The Morgan fingerprint density at radius 3 is 2.26 bits per heavy atom. The van der Waals surface area contributed by atoms with Gasteiger partial charge in [0.25, 0.3) is 0 Å². The molecule has 0 unspecified atom stereocenters. The van der Waals surface area contributed by atoms with Crippen LogP contribution in [0.25, 0.3) is 0 Å². The van der Waals surface area contributed by atoms with Gasteiger partial charge in [-0.05, 0) is 19.1 Å². The highest BCUT2D eigenvalue weighted by Gasteiger charge is 2.44. The molecule has 5 atom stereocenters. The van der Waals surface area contributed by atoms with E-state index in [1.165, 1.54) is 0 Å². The van der Waals surface area contributed by atoms with E-state index in [1.54, 1.807) is 12.1 Å². The summed E-state index contributed by atoms with van der Waals surface area (Å²) in [5.41, 5.74) is 1.06. The van der Waals surface area contributed by atoms with Crippen molar-refractivity contribution in [2.75, 3.05) is 6.61 Å². The third kappa shape index (κ3) is 3.05. The van der Waals surface area contributed by atoms with Gasteiger partial charge in [-0.2, -0.15) is 0 Å². The summed E-state index contributed by atoms with van der Waals surface area (Å²) in [6.07, 6.45) is -6.30. The Kier molecular flexibility index (Phi) is 4.38. The van der Waals surface area contributed by atoms with Gasteiger partial charge in [-0.25, -0.2) is 0 Å². The van der Waals surface area contributed by atoms with Crippen LogP contribution in [0.2, 0.25) is 0 Å². The summed E-state index contributed by atoms with van der Waals surface area (Å²) in [6, 6.07) is 7.08. The van der Waals surface area contributed by atoms with Crippen molar-refractivity contribution >= 4 is 0 Å². The standard InChI is InChI=1S/C13H18O6/c1-7-2-4-8(5-3-7)18-13-12(17)11(16)10(15)9(6-14)19-13/h2-5,9-17H,6H2,1H3/t9-,10-,11+,12-,13+/m0/s1. The summed E-state index contributed by atoms with van der Waals surface area (Å²) in [5, 5.41) is 38.1. The second-order valence-electron chi connectivity index (χ2n) is 4.63. The van der Waals surface area contributed by atoms with Crippen molar-refractivity contribution in [1.82, 2.24) is 0 Å². The van der Waals surface area contributed by atoms with E-state index in [4.69, 9.17) is 14.6 Å². The summed E-state index contributed by atoms with van der Waals surface area (Å²) in [5.74, 6) is 0.468. The zero-order chi connectivity index (χ0) is 14.0. The predicted molar refractivity (Wildman–Crippen MR) is 65.6 cm³/mol. The highest BCUT2D eigenvalue weighted by molar-refractivity contribution is 5.26. The van der Waals surface area contributed by atoms with Gasteiger partial charge in [-0.15, -0.1) is 0 Å². The molecule has 1 aliphatic heterocycles. The molecule has 1 saturated heterocycles. The number of benzene rings is 1. The molecule has 0 aliphatic carbocycles. The SMILES string of the molecule is Cc1ccc(O[C@@H]2O[C@@H](CO)[C@H](O)[C@@H](O)[C@@H]2O)cc1. The zero-order valence-electron chi connectivity index (χ0n) is 10.5. The number of hydrogen-bond donors (Lipinski definition) is 4. The van der Waals surface area contributed by atoms with Crippen LogP contribution in [0.15, 0.2) is 24.3 Å². The minimum Gasteiger partial charge on any atom is -0.462 e. The highest BCUT2D eigenvalue weighted by atomic mass is 16.7. The molecular weight excluding hydrogens is 252 g/mol. The average molecular weight is 270 g/mol. The molecule has 2 rings (SSSR count). The number of aliphatic hydroxyl groups is 4.